The Balaban J connectivity index is 1.72. The molecule has 1 aromatic heterocycles. The van der Waals surface area contributed by atoms with Crippen LogP contribution in [0.25, 0.3) is 16.9 Å². The molecule has 0 unspecified atom stereocenters. The number of nitrogens with one attached hydrogen (secondary N) is 1. The van der Waals surface area contributed by atoms with Crippen LogP contribution in [0.2, 0.25) is 0 Å². The first-order valence-corrected chi connectivity index (χ1v) is 11.1. The van der Waals surface area contributed by atoms with E-state index in [1.807, 2.05) is 20.8 Å². The number of hydrogen-bond acceptors (Lipinski definition) is 6. The highest BCUT2D eigenvalue weighted by Gasteiger charge is 2.29. The van der Waals surface area contributed by atoms with Gasteiger partial charge in [0, 0.05) is 17.2 Å². The Kier molecular flexibility index (Phi) is 8.33. The van der Waals surface area contributed by atoms with E-state index in [0.29, 0.717) is 28.4 Å². The largest absolute Gasteiger partial charge is 0.497 e. The number of halogens is 3. The van der Waals surface area contributed by atoms with Crippen LogP contribution in [0.4, 0.5) is 18.0 Å². The maximum Gasteiger partial charge on any atom is 0.422 e. The van der Waals surface area contributed by atoms with E-state index in [-0.39, 0.29) is 19.1 Å². The topological polar surface area (TPSA) is 83.8 Å². The van der Waals surface area contributed by atoms with Crippen molar-refractivity contribution in [3.63, 3.8) is 0 Å². The summed E-state index contributed by atoms with van der Waals surface area (Å²) in [5.41, 5.74) is 1.40. The van der Waals surface area contributed by atoms with E-state index in [1.54, 1.807) is 48.5 Å². The molecule has 0 aliphatic carbocycles. The quantitative estimate of drug-likeness (QED) is 0.391. The van der Waals surface area contributed by atoms with Gasteiger partial charge in [-0.05, 0) is 69.3 Å². The average Bonchev–Trinajstić information content (AvgIpc) is 3.24. The van der Waals surface area contributed by atoms with Gasteiger partial charge in [-0.15, -0.1) is 5.10 Å². The van der Waals surface area contributed by atoms with Crippen molar-refractivity contribution in [2.24, 2.45) is 0 Å². The SMILES string of the molecule is COc1ccc(-n2nc(OCC(F)(F)F)cc2-c2ccc(OCCOC(=O)NC(C)(C)C)cc2)cc1. The van der Waals surface area contributed by atoms with Crippen molar-refractivity contribution in [3.8, 4) is 34.3 Å². The smallest absolute Gasteiger partial charge is 0.422 e. The van der Waals surface area contributed by atoms with Crippen molar-refractivity contribution in [3.05, 3.63) is 54.6 Å². The number of alkyl halides is 3. The maximum atomic E-state index is 12.6. The molecule has 11 heteroatoms. The standard InChI is InChI=1S/C25H28F3N3O5/c1-24(2,3)29-23(32)35-14-13-34-20-9-5-17(6-10-20)21-15-22(36-16-25(26,27)28)30-31(21)18-7-11-19(33-4)12-8-18/h5-12,15H,13-14,16H2,1-4H3,(H,29,32). The summed E-state index contributed by atoms with van der Waals surface area (Å²) in [5.74, 6) is 0.995. The van der Waals surface area contributed by atoms with Gasteiger partial charge in [0.25, 0.3) is 0 Å². The highest BCUT2D eigenvalue weighted by Crippen LogP contribution is 2.30. The molecule has 0 saturated heterocycles. The molecule has 0 aliphatic heterocycles. The third kappa shape index (κ3) is 8.10. The van der Waals surface area contributed by atoms with Gasteiger partial charge in [-0.25, -0.2) is 9.48 Å². The molecule has 36 heavy (non-hydrogen) atoms. The second-order valence-electron chi connectivity index (χ2n) is 8.77. The number of hydrogen-bond donors (Lipinski definition) is 1. The zero-order chi connectivity index (χ0) is 26.3. The van der Waals surface area contributed by atoms with Gasteiger partial charge in [-0.1, -0.05) is 0 Å². The minimum Gasteiger partial charge on any atom is -0.497 e. The number of carbonyl (C=O) groups excluding carboxylic acids is 1. The Labute approximate surface area is 206 Å². The van der Waals surface area contributed by atoms with Gasteiger partial charge in [0.15, 0.2) is 6.61 Å². The van der Waals surface area contributed by atoms with Crippen LogP contribution in [0, 0.1) is 0 Å². The first kappa shape index (κ1) is 26.7. The molecular weight excluding hydrogens is 479 g/mol. The van der Waals surface area contributed by atoms with Crippen LogP contribution in [0.15, 0.2) is 54.6 Å². The Morgan fingerprint density at radius 2 is 1.58 bits per heavy atom. The second kappa shape index (κ2) is 11.2. The molecule has 1 heterocycles. The van der Waals surface area contributed by atoms with Crippen LogP contribution in [0.1, 0.15) is 20.8 Å². The summed E-state index contributed by atoms with van der Waals surface area (Å²) in [5, 5.41) is 6.89. The molecule has 0 bridgehead atoms. The molecule has 0 atom stereocenters. The fraction of sp³-hybridized carbons (Fsp3) is 0.360. The predicted octanol–water partition coefficient (Wildman–Crippen LogP) is 5.39. The molecule has 194 valence electrons. The maximum absolute atomic E-state index is 12.6. The Hall–Kier alpha value is -3.89. The molecule has 8 nitrogen and oxygen atoms in total. The van der Waals surface area contributed by atoms with Crippen LogP contribution in [0.3, 0.4) is 0 Å². The Bertz CT molecular complexity index is 1140. The van der Waals surface area contributed by atoms with Crippen LogP contribution >= 0.6 is 0 Å². The van der Waals surface area contributed by atoms with E-state index in [4.69, 9.17) is 18.9 Å². The van der Waals surface area contributed by atoms with Crippen molar-refractivity contribution >= 4 is 6.09 Å². The first-order valence-electron chi connectivity index (χ1n) is 11.1. The van der Waals surface area contributed by atoms with Gasteiger partial charge in [0.1, 0.15) is 24.7 Å². The van der Waals surface area contributed by atoms with Crippen LogP contribution in [0.5, 0.6) is 17.4 Å². The second-order valence-corrected chi connectivity index (χ2v) is 8.77. The van der Waals surface area contributed by atoms with E-state index in [2.05, 4.69) is 10.4 Å². The minimum absolute atomic E-state index is 0.0633. The third-order valence-electron chi connectivity index (χ3n) is 4.60. The molecule has 3 aromatic rings. The van der Waals surface area contributed by atoms with E-state index < -0.39 is 24.4 Å². The summed E-state index contributed by atoms with van der Waals surface area (Å²) in [6.07, 6.45) is -5.02. The summed E-state index contributed by atoms with van der Waals surface area (Å²) < 4.78 is 60.1. The molecule has 0 fully saturated rings. The summed E-state index contributed by atoms with van der Waals surface area (Å²) in [6, 6.07) is 15.2. The predicted molar refractivity (Wildman–Crippen MR) is 127 cm³/mol. The zero-order valence-electron chi connectivity index (χ0n) is 20.4. The normalized spacial score (nSPS) is 11.6. The molecule has 1 N–H and O–H groups in total. The average molecular weight is 508 g/mol. The van der Waals surface area contributed by atoms with Crippen molar-refractivity contribution in [1.29, 1.82) is 0 Å². The van der Waals surface area contributed by atoms with E-state index >= 15 is 0 Å². The molecule has 0 saturated carbocycles. The summed E-state index contributed by atoms with van der Waals surface area (Å²) in [7, 11) is 1.54. The Morgan fingerprint density at radius 3 is 2.17 bits per heavy atom. The van der Waals surface area contributed by atoms with E-state index in [1.165, 1.54) is 17.9 Å². The minimum atomic E-state index is -4.49. The summed E-state index contributed by atoms with van der Waals surface area (Å²) >= 11 is 0. The van der Waals surface area contributed by atoms with Gasteiger partial charge in [-0.2, -0.15) is 13.2 Å². The van der Waals surface area contributed by atoms with Crippen molar-refractivity contribution in [2.75, 3.05) is 26.9 Å². The highest BCUT2D eigenvalue weighted by molar-refractivity contribution is 5.68. The number of rotatable bonds is 9. The lowest BCUT2D eigenvalue weighted by Crippen LogP contribution is -2.41. The number of alkyl carbamates (subject to hydrolysis) is 1. The highest BCUT2D eigenvalue weighted by atomic mass is 19.4. The Morgan fingerprint density at radius 1 is 0.944 bits per heavy atom. The fourth-order valence-electron chi connectivity index (χ4n) is 3.07. The van der Waals surface area contributed by atoms with Crippen LogP contribution < -0.4 is 19.5 Å². The lowest BCUT2D eigenvalue weighted by atomic mass is 10.1. The molecule has 0 aliphatic rings. The lowest BCUT2D eigenvalue weighted by Gasteiger charge is -2.19. The number of aromatic nitrogens is 2. The lowest BCUT2D eigenvalue weighted by molar-refractivity contribution is -0.154. The van der Waals surface area contributed by atoms with Crippen molar-refractivity contribution in [1.82, 2.24) is 15.1 Å². The van der Waals surface area contributed by atoms with Crippen LogP contribution in [-0.2, 0) is 4.74 Å². The monoisotopic (exact) mass is 507 g/mol. The summed E-state index contributed by atoms with van der Waals surface area (Å²) in [4.78, 5) is 11.7. The van der Waals surface area contributed by atoms with Gasteiger partial charge in [0.2, 0.25) is 5.88 Å². The number of nitrogens with zero attached hydrogens (tertiary/aromatic N) is 2. The molecule has 2 aromatic carbocycles. The van der Waals surface area contributed by atoms with Gasteiger partial charge in [-0.3, -0.25) is 0 Å². The molecular formula is C25H28F3N3O5. The number of carbonyl (C=O) groups is 1. The zero-order valence-corrected chi connectivity index (χ0v) is 20.4. The number of methoxy groups -OCH3 is 1. The molecule has 3 rings (SSSR count). The van der Waals surface area contributed by atoms with Crippen molar-refractivity contribution < 1.29 is 36.9 Å². The summed E-state index contributed by atoms with van der Waals surface area (Å²) in [6.45, 7) is 4.30. The number of amides is 1. The van der Waals surface area contributed by atoms with E-state index in [0.717, 1.165) is 0 Å². The third-order valence-corrected chi connectivity index (χ3v) is 4.60. The fourth-order valence-corrected chi connectivity index (χ4v) is 3.07. The van der Waals surface area contributed by atoms with E-state index in [9.17, 15) is 18.0 Å². The number of ether oxygens (including phenoxy) is 4. The van der Waals surface area contributed by atoms with Gasteiger partial charge in [0.05, 0.1) is 18.5 Å². The van der Waals surface area contributed by atoms with Gasteiger partial charge < -0.3 is 24.3 Å². The van der Waals surface area contributed by atoms with Gasteiger partial charge >= 0.3 is 12.3 Å². The molecule has 0 spiro atoms. The first-order chi connectivity index (χ1) is 16.9. The molecule has 1 amide bonds. The molecule has 0 radical (unpaired) electrons. The van der Waals surface area contributed by atoms with Crippen LogP contribution in [-0.4, -0.2) is 54.5 Å². The number of benzene rings is 2. The van der Waals surface area contributed by atoms with Crippen molar-refractivity contribution in [2.45, 2.75) is 32.5 Å².